The van der Waals surface area contributed by atoms with Gasteiger partial charge in [-0.05, 0) is 48.2 Å². The van der Waals surface area contributed by atoms with E-state index in [-0.39, 0.29) is 5.91 Å². The molecule has 1 amide bonds. The van der Waals surface area contributed by atoms with E-state index >= 15 is 0 Å². The van der Waals surface area contributed by atoms with Crippen molar-refractivity contribution in [2.75, 3.05) is 31.5 Å². The molecule has 1 fully saturated rings. The Kier molecular flexibility index (Phi) is 8.41. The molecule has 0 aromatic heterocycles. The lowest BCUT2D eigenvalue weighted by atomic mass is 9.83. The SMILES string of the molecule is CCC(C=O)(CC)C(=O)Nc1cccc(CN2CCN(Cc3ccc(Br)cc3)CC2)c1. The van der Waals surface area contributed by atoms with Gasteiger partial charge in [0.05, 0.1) is 0 Å². The molecule has 1 aliphatic rings. The minimum atomic E-state index is -0.943. The molecule has 0 spiro atoms. The Morgan fingerprint density at radius 3 is 2.10 bits per heavy atom. The van der Waals surface area contributed by atoms with Gasteiger partial charge in [-0.15, -0.1) is 0 Å². The van der Waals surface area contributed by atoms with Crippen LogP contribution in [0.15, 0.2) is 53.0 Å². The lowest BCUT2D eigenvalue weighted by Crippen LogP contribution is -2.45. The van der Waals surface area contributed by atoms with Gasteiger partial charge >= 0.3 is 0 Å². The van der Waals surface area contributed by atoms with Crippen molar-refractivity contribution in [1.29, 1.82) is 0 Å². The smallest absolute Gasteiger partial charge is 0.237 e. The third-order valence-corrected chi connectivity index (χ3v) is 6.84. The van der Waals surface area contributed by atoms with Crippen LogP contribution in [0.25, 0.3) is 0 Å². The molecule has 1 N–H and O–H groups in total. The van der Waals surface area contributed by atoms with Gasteiger partial charge in [0.2, 0.25) is 5.91 Å². The van der Waals surface area contributed by atoms with Gasteiger partial charge < -0.3 is 10.1 Å². The van der Waals surface area contributed by atoms with Crippen LogP contribution in [0.4, 0.5) is 5.69 Å². The molecule has 0 aliphatic carbocycles. The average Bonchev–Trinajstić information content (AvgIpc) is 2.78. The van der Waals surface area contributed by atoms with Crippen molar-refractivity contribution in [3.05, 3.63) is 64.1 Å². The molecular formula is C25H32BrN3O2. The number of halogens is 1. The van der Waals surface area contributed by atoms with E-state index in [1.807, 2.05) is 32.0 Å². The van der Waals surface area contributed by atoms with Crippen molar-refractivity contribution >= 4 is 33.8 Å². The number of carbonyl (C=O) groups excluding carboxylic acids is 2. The Labute approximate surface area is 193 Å². The third-order valence-electron chi connectivity index (χ3n) is 6.31. The monoisotopic (exact) mass is 485 g/mol. The maximum atomic E-state index is 12.7. The quantitative estimate of drug-likeness (QED) is 0.412. The number of amides is 1. The predicted octanol–water partition coefficient (Wildman–Crippen LogP) is 4.71. The minimum absolute atomic E-state index is 0.216. The van der Waals surface area contributed by atoms with Crippen molar-refractivity contribution < 1.29 is 9.59 Å². The average molecular weight is 486 g/mol. The molecule has 6 heteroatoms. The van der Waals surface area contributed by atoms with E-state index in [9.17, 15) is 9.59 Å². The third kappa shape index (κ3) is 6.25. The molecule has 0 saturated carbocycles. The summed E-state index contributed by atoms with van der Waals surface area (Å²) in [5.41, 5.74) is 2.32. The zero-order chi connectivity index (χ0) is 22.3. The summed E-state index contributed by atoms with van der Waals surface area (Å²) in [5.74, 6) is -0.216. The molecule has 2 aromatic carbocycles. The molecular weight excluding hydrogens is 454 g/mol. The first-order valence-corrected chi connectivity index (χ1v) is 11.8. The normalized spacial score (nSPS) is 15.6. The van der Waals surface area contributed by atoms with Crippen LogP contribution < -0.4 is 5.32 Å². The van der Waals surface area contributed by atoms with Gasteiger partial charge in [0.1, 0.15) is 11.7 Å². The highest BCUT2D eigenvalue weighted by atomic mass is 79.9. The first-order valence-electron chi connectivity index (χ1n) is 11.0. The van der Waals surface area contributed by atoms with Gasteiger partial charge in [0.15, 0.2) is 0 Å². The Balaban J connectivity index is 1.53. The highest BCUT2D eigenvalue weighted by Crippen LogP contribution is 2.26. The van der Waals surface area contributed by atoms with Crippen molar-refractivity contribution in [3.63, 3.8) is 0 Å². The largest absolute Gasteiger partial charge is 0.325 e. The van der Waals surface area contributed by atoms with E-state index in [0.29, 0.717) is 12.8 Å². The maximum Gasteiger partial charge on any atom is 0.237 e. The number of hydrogen-bond acceptors (Lipinski definition) is 4. The van der Waals surface area contributed by atoms with Gasteiger partial charge in [-0.1, -0.05) is 54.0 Å². The van der Waals surface area contributed by atoms with Crippen molar-refractivity contribution in [1.82, 2.24) is 9.80 Å². The van der Waals surface area contributed by atoms with Crippen LogP contribution in [-0.2, 0) is 22.7 Å². The number of rotatable bonds is 9. The Bertz CT molecular complexity index is 873. The van der Waals surface area contributed by atoms with Crippen molar-refractivity contribution in [2.24, 2.45) is 5.41 Å². The minimum Gasteiger partial charge on any atom is -0.325 e. The summed E-state index contributed by atoms with van der Waals surface area (Å²) in [4.78, 5) is 29.1. The zero-order valence-corrected chi connectivity index (χ0v) is 20.0. The molecule has 166 valence electrons. The summed E-state index contributed by atoms with van der Waals surface area (Å²) in [7, 11) is 0. The Hall–Kier alpha value is -2.02. The molecule has 1 aliphatic heterocycles. The van der Waals surface area contributed by atoms with E-state index in [1.165, 1.54) is 11.1 Å². The van der Waals surface area contributed by atoms with Crippen LogP contribution in [0.2, 0.25) is 0 Å². The standard InChI is InChI=1S/C25H32BrN3O2/c1-3-25(4-2,19-30)24(31)27-23-7-5-6-21(16-23)18-29-14-12-28(13-15-29)17-20-8-10-22(26)11-9-20/h5-11,16,19H,3-4,12-15,17-18H2,1-2H3,(H,27,31). The molecule has 0 radical (unpaired) electrons. The number of carbonyl (C=O) groups is 2. The first kappa shape index (κ1) is 23.6. The maximum absolute atomic E-state index is 12.7. The fourth-order valence-electron chi connectivity index (χ4n) is 4.01. The van der Waals surface area contributed by atoms with E-state index in [4.69, 9.17) is 0 Å². The van der Waals surface area contributed by atoms with Crippen LogP contribution in [0.1, 0.15) is 37.8 Å². The second kappa shape index (κ2) is 11.0. The van der Waals surface area contributed by atoms with Crippen LogP contribution >= 0.6 is 15.9 Å². The second-order valence-corrected chi connectivity index (χ2v) is 9.23. The van der Waals surface area contributed by atoms with Crippen LogP contribution in [-0.4, -0.2) is 48.2 Å². The van der Waals surface area contributed by atoms with Crippen molar-refractivity contribution in [3.8, 4) is 0 Å². The predicted molar refractivity (Wildman–Crippen MR) is 129 cm³/mol. The van der Waals surface area contributed by atoms with Crippen LogP contribution in [0.3, 0.4) is 0 Å². The van der Waals surface area contributed by atoms with Crippen LogP contribution in [0, 0.1) is 5.41 Å². The lowest BCUT2D eigenvalue weighted by molar-refractivity contribution is -0.132. The van der Waals surface area contributed by atoms with Crippen LogP contribution in [0.5, 0.6) is 0 Å². The zero-order valence-electron chi connectivity index (χ0n) is 18.4. The number of nitrogens with one attached hydrogen (secondary N) is 1. The molecule has 5 nitrogen and oxygen atoms in total. The lowest BCUT2D eigenvalue weighted by Gasteiger charge is -2.34. The van der Waals surface area contributed by atoms with E-state index in [0.717, 1.165) is 55.7 Å². The van der Waals surface area contributed by atoms with E-state index in [2.05, 4.69) is 61.4 Å². The Morgan fingerprint density at radius 1 is 0.968 bits per heavy atom. The summed E-state index contributed by atoms with van der Waals surface area (Å²) in [6.45, 7) is 9.73. The molecule has 3 rings (SSSR count). The topological polar surface area (TPSA) is 52.7 Å². The van der Waals surface area contributed by atoms with Gasteiger partial charge in [0.25, 0.3) is 0 Å². The number of nitrogens with zero attached hydrogens (tertiary/aromatic N) is 2. The number of aldehydes is 1. The fourth-order valence-corrected chi connectivity index (χ4v) is 4.27. The molecule has 1 saturated heterocycles. The van der Waals surface area contributed by atoms with Gasteiger partial charge in [-0.3, -0.25) is 14.6 Å². The fraction of sp³-hybridized carbons (Fsp3) is 0.440. The van der Waals surface area contributed by atoms with E-state index in [1.54, 1.807) is 0 Å². The number of anilines is 1. The highest BCUT2D eigenvalue weighted by molar-refractivity contribution is 9.10. The van der Waals surface area contributed by atoms with Gasteiger partial charge in [-0.25, -0.2) is 0 Å². The van der Waals surface area contributed by atoms with Gasteiger partial charge in [-0.2, -0.15) is 0 Å². The first-order chi connectivity index (χ1) is 15.0. The summed E-state index contributed by atoms with van der Waals surface area (Å²) in [6, 6.07) is 16.5. The van der Waals surface area contributed by atoms with Crippen molar-refractivity contribution in [2.45, 2.75) is 39.8 Å². The molecule has 1 heterocycles. The number of piperazine rings is 1. The van der Waals surface area contributed by atoms with Gasteiger partial charge in [0, 0.05) is 49.4 Å². The molecule has 0 atom stereocenters. The summed E-state index contributed by atoms with van der Waals surface area (Å²) >= 11 is 3.49. The second-order valence-electron chi connectivity index (χ2n) is 8.31. The summed E-state index contributed by atoms with van der Waals surface area (Å²) in [5, 5.41) is 2.95. The summed E-state index contributed by atoms with van der Waals surface area (Å²) in [6.07, 6.45) is 1.80. The number of benzene rings is 2. The molecule has 0 unspecified atom stereocenters. The molecule has 31 heavy (non-hydrogen) atoms. The van der Waals surface area contributed by atoms with E-state index < -0.39 is 5.41 Å². The molecule has 2 aromatic rings. The Morgan fingerprint density at radius 2 is 1.55 bits per heavy atom. The molecule has 0 bridgehead atoms. The highest BCUT2D eigenvalue weighted by Gasteiger charge is 2.34. The number of hydrogen-bond donors (Lipinski definition) is 1. The summed E-state index contributed by atoms with van der Waals surface area (Å²) < 4.78 is 1.11.